The van der Waals surface area contributed by atoms with Gasteiger partial charge in [-0.1, -0.05) is 0 Å². The molecule has 0 spiro atoms. The van der Waals surface area contributed by atoms with Gasteiger partial charge in [-0.15, -0.1) is 0 Å². The maximum atomic E-state index is 12.4. The molecule has 0 N–H and O–H groups in total. The lowest BCUT2D eigenvalue weighted by Crippen LogP contribution is -2.50. The van der Waals surface area contributed by atoms with Gasteiger partial charge in [-0.2, -0.15) is 5.10 Å². The van der Waals surface area contributed by atoms with Crippen LogP contribution in [0.5, 0.6) is 0 Å². The van der Waals surface area contributed by atoms with Gasteiger partial charge in [0.25, 0.3) is 5.56 Å². The van der Waals surface area contributed by atoms with Crippen LogP contribution in [0.4, 0.5) is 5.82 Å². The van der Waals surface area contributed by atoms with Gasteiger partial charge in [0.15, 0.2) is 5.82 Å². The van der Waals surface area contributed by atoms with Gasteiger partial charge in [0.1, 0.15) is 11.8 Å². The summed E-state index contributed by atoms with van der Waals surface area (Å²) in [6, 6.07) is 3.90. The Bertz CT molecular complexity index is 1080. The Morgan fingerprint density at radius 1 is 1.15 bits per heavy atom. The van der Waals surface area contributed by atoms with Crippen molar-refractivity contribution in [2.75, 3.05) is 18.0 Å². The van der Waals surface area contributed by atoms with Crippen molar-refractivity contribution in [3.8, 4) is 0 Å². The first kappa shape index (κ1) is 16.5. The van der Waals surface area contributed by atoms with E-state index >= 15 is 0 Å². The van der Waals surface area contributed by atoms with Crippen molar-refractivity contribution in [1.82, 2.24) is 24.3 Å². The van der Waals surface area contributed by atoms with Gasteiger partial charge in [-0.25, -0.2) is 14.6 Å². The molecule has 1 aliphatic carbocycles. The normalized spacial score (nSPS) is 17.2. The largest absolute Gasteiger partial charge is 0.354 e. The third-order valence-electron chi connectivity index (χ3n) is 6.00. The fourth-order valence-electron chi connectivity index (χ4n) is 4.35. The lowest BCUT2D eigenvalue weighted by Gasteiger charge is -2.40. The predicted molar refractivity (Wildman–Crippen MR) is 104 cm³/mol. The maximum absolute atomic E-state index is 12.4. The van der Waals surface area contributed by atoms with Crippen molar-refractivity contribution in [3.63, 3.8) is 0 Å². The topological polar surface area (TPSA) is 68.8 Å². The summed E-state index contributed by atoms with van der Waals surface area (Å²) in [5.41, 5.74) is 5.55. The second-order valence-electron chi connectivity index (χ2n) is 7.89. The molecule has 140 valence electrons. The van der Waals surface area contributed by atoms with Crippen LogP contribution < -0.4 is 10.5 Å². The molecule has 0 amide bonds. The van der Waals surface area contributed by atoms with Crippen molar-refractivity contribution in [1.29, 1.82) is 0 Å². The molecule has 27 heavy (non-hydrogen) atoms. The fraction of sp³-hybridized carbons (Fsp3) is 0.500. The molecule has 0 unspecified atom stereocenters. The number of anilines is 1. The molecule has 7 nitrogen and oxygen atoms in total. The standard InChI is InChI=1S/C20H24N6O/c1-13-7-17-19(24(13)2)20(22-12-21-17)25-9-14(10-25)11-26-18(27)8-15-5-3-4-6-16(15)23-26/h7-8,12,14H,3-6,9-11H2,1-2H3. The van der Waals surface area contributed by atoms with Crippen molar-refractivity contribution < 1.29 is 0 Å². The average molecular weight is 364 g/mol. The number of hydrogen-bond acceptors (Lipinski definition) is 5. The van der Waals surface area contributed by atoms with Crippen LogP contribution in [-0.4, -0.2) is 37.4 Å². The summed E-state index contributed by atoms with van der Waals surface area (Å²) in [6.45, 7) is 4.55. The van der Waals surface area contributed by atoms with Gasteiger partial charge in [0, 0.05) is 37.8 Å². The lowest BCUT2D eigenvalue weighted by atomic mass is 9.96. The highest BCUT2D eigenvalue weighted by Crippen LogP contribution is 2.30. The van der Waals surface area contributed by atoms with E-state index in [9.17, 15) is 4.79 Å². The second-order valence-corrected chi connectivity index (χ2v) is 7.89. The highest BCUT2D eigenvalue weighted by atomic mass is 16.1. The smallest absolute Gasteiger partial charge is 0.267 e. The number of rotatable bonds is 3. The summed E-state index contributed by atoms with van der Waals surface area (Å²) < 4.78 is 3.82. The molecule has 0 bridgehead atoms. The molecule has 0 atom stereocenters. The Morgan fingerprint density at radius 3 is 2.81 bits per heavy atom. The first-order valence-corrected chi connectivity index (χ1v) is 9.72. The third-order valence-corrected chi connectivity index (χ3v) is 6.00. The first-order valence-electron chi connectivity index (χ1n) is 9.72. The van der Waals surface area contributed by atoms with Gasteiger partial charge >= 0.3 is 0 Å². The zero-order valence-electron chi connectivity index (χ0n) is 15.9. The Labute approximate surface area is 157 Å². The summed E-state index contributed by atoms with van der Waals surface area (Å²) in [4.78, 5) is 23.6. The maximum Gasteiger partial charge on any atom is 0.267 e. The molecular weight excluding hydrogens is 340 g/mol. The van der Waals surface area contributed by atoms with Gasteiger partial charge in [0.2, 0.25) is 0 Å². The minimum Gasteiger partial charge on any atom is -0.354 e. The van der Waals surface area contributed by atoms with E-state index in [2.05, 4.69) is 44.6 Å². The van der Waals surface area contributed by atoms with Crippen LogP contribution in [0.15, 0.2) is 23.3 Å². The van der Waals surface area contributed by atoms with Gasteiger partial charge < -0.3 is 9.47 Å². The first-order chi connectivity index (χ1) is 13.1. The number of aromatic nitrogens is 5. The van der Waals surface area contributed by atoms with E-state index < -0.39 is 0 Å². The molecule has 5 rings (SSSR count). The zero-order chi connectivity index (χ0) is 18.5. The third kappa shape index (κ3) is 2.72. The molecular formula is C20H24N6O. The SMILES string of the molecule is Cc1cc2ncnc(N3CC(Cn4nc5c(cc4=O)CCCC5)C3)c2n1C. The number of hydrogen-bond donors (Lipinski definition) is 0. The molecule has 0 saturated carbocycles. The van der Waals surface area contributed by atoms with Crippen LogP contribution in [0, 0.1) is 12.8 Å². The van der Waals surface area contributed by atoms with Crippen LogP contribution in [0.3, 0.4) is 0 Å². The summed E-state index contributed by atoms with van der Waals surface area (Å²) >= 11 is 0. The van der Waals surface area contributed by atoms with Crippen LogP contribution in [0.1, 0.15) is 29.8 Å². The molecule has 1 aliphatic heterocycles. The van der Waals surface area contributed by atoms with Crippen LogP contribution >= 0.6 is 0 Å². The summed E-state index contributed by atoms with van der Waals surface area (Å²) in [5.74, 6) is 1.40. The van der Waals surface area contributed by atoms with E-state index in [-0.39, 0.29) is 5.56 Å². The molecule has 4 heterocycles. The average Bonchev–Trinajstić information content (AvgIpc) is 2.92. The highest BCUT2D eigenvalue weighted by molar-refractivity contribution is 5.87. The molecule has 2 aliphatic rings. The van der Waals surface area contributed by atoms with Crippen LogP contribution in [0.25, 0.3) is 11.0 Å². The van der Waals surface area contributed by atoms with Crippen LogP contribution in [-0.2, 0) is 26.4 Å². The van der Waals surface area contributed by atoms with Gasteiger partial charge in [0.05, 0.1) is 17.8 Å². The summed E-state index contributed by atoms with van der Waals surface area (Å²) in [7, 11) is 2.05. The van der Waals surface area contributed by atoms with Crippen molar-refractivity contribution in [3.05, 3.63) is 45.8 Å². The highest BCUT2D eigenvalue weighted by Gasteiger charge is 2.31. The summed E-state index contributed by atoms with van der Waals surface area (Å²) in [5, 5.41) is 4.66. The monoisotopic (exact) mass is 364 g/mol. The number of nitrogens with zero attached hydrogens (tertiary/aromatic N) is 6. The molecule has 0 aromatic carbocycles. The van der Waals surface area contributed by atoms with E-state index in [1.165, 1.54) is 18.5 Å². The Balaban J connectivity index is 1.34. The number of fused-ring (bicyclic) bond motifs is 2. The van der Waals surface area contributed by atoms with E-state index in [4.69, 9.17) is 0 Å². The minimum atomic E-state index is 0.0385. The van der Waals surface area contributed by atoms with Crippen molar-refractivity contribution >= 4 is 16.9 Å². The molecule has 3 aromatic rings. The van der Waals surface area contributed by atoms with Gasteiger partial charge in [-0.05, 0) is 44.2 Å². The van der Waals surface area contributed by atoms with Crippen molar-refractivity contribution in [2.24, 2.45) is 13.0 Å². The van der Waals surface area contributed by atoms with E-state index in [1.807, 2.05) is 0 Å². The summed E-state index contributed by atoms with van der Waals surface area (Å²) in [6.07, 6.45) is 5.98. The van der Waals surface area contributed by atoms with Gasteiger partial charge in [-0.3, -0.25) is 4.79 Å². The zero-order valence-corrected chi connectivity index (χ0v) is 15.9. The second kappa shape index (κ2) is 6.18. The predicted octanol–water partition coefficient (Wildman–Crippen LogP) is 1.85. The Morgan fingerprint density at radius 2 is 1.96 bits per heavy atom. The lowest BCUT2D eigenvalue weighted by molar-refractivity contribution is 0.330. The molecule has 7 heteroatoms. The van der Waals surface area contributed by atoms with E-state index in [0.717, 1.165) is 54.0 Å². The molecule has 0 radical (unpaired) electrons. The van der Waals surface area contributed by atoms with Crippen molar-refractivity contribution in [2.45, 2.75) is 39.2 Å². The Kier molecular flexibility index (Phi) is 3.77. The van der Waals surface area contributed by atoms with E-state index in [0.29, 0.717) is 12.5 Å². The van der Waals surface area contributed by atoms with E-state index in [1.54, 1.807) is 17.1 Å². The number of aryl methyl sites for hydroxylation is 4. The van der Waals surface area contributed by atoms with Crippen LogP contribution in [0.2, 0.25) is 0 Å². The minimum absolute atomic E-state index is 0.0385. The fourth-order valence-corrected chi connectivity index (χ4v) is 4.35. The Hall–Kier alpha value is -2.70. The molecule has 3 aromatic heterocycles. The molecule has 1 fully saturated rings. The quantitative estimate of drug-likeness (QED) is 0.709. The molecule has 1 saturated heterocycles.